The van der Waals surface area contributed by atoms with Crippen LogP contribution in [0.15, 0.2) is 59.7 Å². The Balaban J connectivity index is 1.44. The second-order valence-electron chi connectivity index (χ2n) is 5.88. The topological polar surface area (TPSA) is 95.6 Å². The summed E-state index contributed by atoms with van der Waals surface area (Å²) in [5, 5.41) is 7.48. The molecule has 3 rings (SSSR count). The Hall–Kier alpha value is -3.61. The van der Waals surface area contributed by atoms with Gasteiger partial charge in [-0.05, 0) is 25.1 Å². The van der Waals surface area contributed by atoms with E-state index in [0.29, 0.717) is 5.75 Å². The van der Waals surface area contributed by atoms with Crippen LogP contribution in [0.3, 0.4) is 0 Å². The van der Waals surface area contributed by atoms with Crippen molar-refractivity contribution in [2.24, 2.45) is 5.10 Å². The number of amides is 2. The first-order valence-corrected chi connectivity index (χ1v) is 8.47. The third-order valence-corrected chi connectivity index (χ3v) is 3.89. The minimum Gasteiger partial charge on any atom is -0.484 e. The number of hydrogen-bond acceptors (Lipinski definition) is 4. The largest absolute Gasteiger partial charge is 0.484 e. The summed E-state index contributed by atoms with van der Waals surface area (Å²) in [6.07, 6.45) is 1.59. The molecule has 0 aliphatic heterocycles. The lowest BCUT2D eigenvalue weighted by atomic mass is 10.1. The zero-order valence-electron chi connectivity index (χ0n) is 14.9. The van der Waals surface area contributed by atoms with Gasteiger partial charge >= 0.3 is 0 Å². The van der Waals surface area contributed by atoms with Crippen molar-refractivity contribution < 1.29 is 14.3 Å². The Bertz CT molecular complexity index is 964. The van der Waals surface area contributed by atoms with E-state index < -0.39 is 5.91 Å². The number of rotatable bonds is 7. The van der Waals surface area contributed by atoms with Crippen LogP contribution in [0.5, 0.6) is 5.75 Å². The van der Waals surface area contributed by atoms with Crippen molar-refractivity contribution in [3.8, 4) is 5.75 Å². The number of hydrazone groups is 1. The van der Waals surface area contributed by atoms with Gasteiger partial charge in [0.25, 0.3) is 11.8 Å². The molecular formula is C20H20N4O3. The van der Waals surface area contributed by atoms with E-state index in [4.69, 9.17) is 4.74 Å². The van der Waals surface area contributed by atoms with E-state index in [1.165, 1.54) is 0 Å². The number of fused-ring (bicyclic) bond motifs is 1. The van der Waals surface area contributed by atoms with Crippen LogP contribution >= 0.6 is 0 Å². The third-order valence-electron chi connectivity index (χ3n) is 3.89. The summed E-state index contributed by atoms with van der Waals surface area (Å²) in [5.41, 5.74) is 5.28. The number of aryl methyl sites for hydroxylation is 1. The van der Waals surface area contributed by atoms with Crippen LogP contribution in [0.25, 0.3) is 10.9 Å². The number of hydrogen-bond donors (Lipinski definition) is 3. The first-order valence-electron chi connectivity index (χ1n) is 8.47. The maximum Gasteiger partial charge on any atom is 0.259 e. The number of carbonyl (C=O) groups is 2. The molecule has 0 spiro atoms. The minimum atomic E-state index is -0.420. The Kier molecular flexibility index (Phi) is 5.84. The maximum atomic E-state index is 11.8. The number of nitrogens with one attached hydrogen (secondary N) is 3. The summed E-state index contributed by atoms with van der Waals surface area (Å²) >= 11 is 0. The summed E-state index contributed by atoms with van der Waals surface area (Å²) in [4.78, 5) is 26.8. The Labute approximate surface area is 156 Å². The molecule has 0 bridgehead atoms. The van der Waals surface area contributed by atoms with Gasteiger partial charge in [0, 0.05) is 22.2 Å². The Morgan fingerprint density at radius 2 is 1.81 bits per heavy atom. The molecule has 0 atom stereocenters. The summed E-state index contributed by atoms with van der Waals surface area (Å²) in [6, 6.07) is 16.8. The standard InChI is InChI=1S/C20H20N4O3/c1-14-17(16-9-5-6-10-18(16)23-14)11-22-24-19(25)12-21-20(26)13-27-15-7-3-2-4-8-15/h2-11,23H,12-13H2,1H3,(H,21,26)(H,24,25). The number of carbonyl (C=O) groups excluding carboxylic acids is 2. The molecule has 0 aliphatic rings. The van der Waals surface area contributed by atoms with Crippen LogP contribution in [-0.4, -0.2) is 36.2 Å². The average Bonchev–Trinajstić information content (AvgIpc) is 3.01. The minimum absolute atomic E-state index is 0.158. The molecule has 1 heterocycles. The first kappa shape index (κ1) is 18.2. The van der Waals surface area contributed by atoms with Gasteiger partial charge in [-0.1, -0.05) is 36.4 Å². The summed E-state index contributed by atoms with van der Waals surface area (Å²) in [6.45, 7) is 1.60. The first-order chi connectivity index (χ1) is 13.1. The van der Waals surface area contributed by atoms with Crippen LogP contribution in [0.1, 0.15) is 11.3 Å². The molecule has 0 aliphatic carbocycles. The molecule has 2 aromatic carbocycles. The van der Waals surface area contributed by atoms with Gasteiger partial charge in [-0.3, -0.25) is 9.59 Å². The van der Waals surface area contributed by atoms with Crippen molar-refractivity contribution in [3.05, 3.63) is 65.9 Å². The highest BCUT2D eigenvalue weighted by Gasteiger charge is 2.07. The fraction of sp³-hybridized carbons (Fsp3) is 0.150. The third kappa shape index (κ3) is 4.94. The zero-order chi connectivity index (χ0) is 19.1. The fourth-order valence-electron chi connectivity index (χ4n) is 2.57. The van der Waals surface area contributed by atoms with E-state index in [2.05, 4.69) is 20.8 Å². The highest BCUT2D eigenvalue weighted by atomic mass is 16.5. The molecule has 2 amide bonds. The van der Waals surface area contributed by atoms with Crippen molar-refractivity contribution in [2.75, 3.05) is 13.2 Å². The van der Waals surface area contributed by atoms with Crippen molar-refractivity contribution in [1.29, 1.82) is 0 Å². The van der Waals surface area contributed by atoms with Crippen molar-refractivity contribution >= 4 is 28.9 Å². The van der Waals surface area contributed by atoms with Gasteiger partial charge in [0.05, 0.1) is 12.8 Å². The predicted molar refractivity (Wildman–Crippen MR) is 104 cm³/mol. The van der Waals surface area contributed by atoms with Crippen LogP contribution in [0.4, 0.5) is 0 Å². The lowest BCUT2D eigenvalue weighted by Crippen LogP contribution is -2.37. The molecule has 3 N–H and O–H groups in total. The number of ether oxygens (including phenoxy) is 1. The van der Waals surface area contributed by atoms with Crippen LogP contribution in [0.2, 0.25) is 0 Å². The fourth-order valence-corrected chi connectivity index (χ4v) is 2.57. The van der Waals surface area contributed by atoms with Gasteiger partial charge in [-0.15, -0.1) is 0 Å². The number of aromatic nitrogens is 1. The molecule has 3 aromatic rings. The Morgan fingerprint density at radius 3 is 2.63 bits per heavy atom. The quantitative estimate of drug-likeness (QED) is 0.443. The van der Waals surface area contributed by atoms with Crippen molar-refractivity contribution in [2.45, 2.75) is 6.92 Å². The molecule has 7 nitrogen and oxygen atoms in total. The van der Waals surface area contributed by atoms with E-state index in [0.717, 1.165) is 22.2 Å². The molecular weight excluding hydrogens is 344 g/mol. The molecule has 0 saturated heterocycles. The Morgan fingerprint density at radius 1 is 1.07 bits per heavy atom. The van der Waals surface area contributed by atoms with Crippen LogP contribution < -0.4 is 15.5 Å². The highest BCUT2D eigenvalue weighted by molar-refractivity contribution is 6.00. The van der Waals surface area contributed by atoms with Gasteiger partial charge in [-0.2, -0.15) is 5.10 Å². The van der Waals surface area contributed by atoms with Gasteiger partial charge < -0.3 is 15.0 Å². The van der Waals surface area contributed by atoms with E-state index in [1.807, 2.05) is 49.4 Å². The van der Waals surface area contributed by atoms with Gasteiger partial charge in [0.15, 0.2) is 6.61 Å². The van der Waals surface area contributed by atoms with Crippen LogP contribution in [0, 0.1) is 6.92 Å². The molecule has 138 valence electrons. The summed E-state index contributed by atoms with van der Waals surface area (Å²) in [7, 11) is 0. The maximum absolute atomic E-state index is 11.8. The molecule has 27 heavy (non-hydrogen) atoms. The van der Waals surface area contributed by atoms with Gasteiger partial charge in [0.2, 0.25) is 0 Å². The highest BCUT2D eigenvalue weighted by Crippen LogP contribution is 2.19. The monoisotopic (exact) mass is 364 g/mol. The van der Waals surface area contributed by atoms with Crippen molar-refractivity contribution in [1.82, 2.24) is 15.7 Å². The number of nitrogens with zero attached hydrogens (tertiary/aromatic N) is 1. The van der Waals surface area contributed by atoms with E-state index in [9.17, 15) is 9.59 Å². The number of H-pyrrole nitrogens is 1. The molecule has 1 aromatic heterocycles. The average molecular weight is 364 g/mol. The molecule has 0 unspecified atom stereocenters. The zero-order valence-corrected chi connectivity index (χ0v) is 14.9. The number of para-hydroxylation sites is 2. The predicted octanol–water partition coefficient (Wildman–Crippen LogP) is 2.12. The summed E-state index contributed by atoms with van der Waals surface area (Å²) in [5.74, 6) is -0.210. The van der Waals surface area contributed by atoms with Gasteiger partial charge in [-0.25, -0.2) is 5.43 Å². The van der Waals surface area contributed by atoms with Gasteiger partial charge in [0.1, 0.15) is 5.75 Å². The second kappa shape index (κ2) is 8.66. The molecule has 0 fully saturated rings. The van der Waals surface area contributed by atoms with E-state index in [1.54, 1.807) is 18.3 Å². The number of benzene rings is 2. The molecule has 0 saturated carbocycles. The second-order valence-corrected chi connectivity index (χ2v) is 5.88. The normalized spacial score (nSPS) is 10.9. The van der Waals surface area contributed by atoms with E-state index in [-0.39, 0.29) is 19.1 Å². The van der Waals surface area contributed by atoms with Crippen molar-refractivity contribution in [3.63, 3.8) is 0 Å². The van der Waals surface area contributed by atoms with Crippen LogP contribution in [-0.2, 0) is 9.59 Å². The molecule has 7 heteroatoms. The number of aromatic amines is 1. The molecule has 0 radical (unpaired) electrons. The lowest BCUT2D eigenvalue weighted by Gasteiger charge is -2.06. The summed E-state index contributed by atoms with van der Waals surface area (Å²) < 4.78 is 5.31. The SMILES string of the molecule is Cc1[nH]c2ccccc2c1C=NNC(=O)CNC(=O)COc1ccccc1. The lowest BCUT2D eigenvalue weighted by molar-refractivity contribution is -0.127. The smallest absolute Gasteiger partial charge is 0.259 e. The van der Waals surface area contributed by atoms with E-state index >= 15 is 0 Å².